The third kappa shape index (κ3) is 7.58. The first kappa shape index (κ1) is 26.8. The van der Waals surface area contributed by atoms with Crippen molar-refractivity contribution in [2.75, 3.05) is 6.54 Å². The minimum absolute atomic E-state index is 0.119. The third-order valence-corrected chi connectivity index (χ3v) is 7.39. The Morgan fingerprint density at radius 2 is 1.43 bits per heavy atom. The molecule has 1 aliphatic rings. The molecule has 1 fully saturated rings. The Labute approximate surface area is 212 Å². The van der Waals surface area contributed by atoms with Crippen LogP contribution in [0.3, 0.4) is 0 Å². The molecule has 3 rings (SSSR count). The van der Waals surface area contributed by atoms with Crippen LogP contribution in [0.15, 0.2) is 61.0 Å². The van der Waals surface area contributed by atoms with Crippen LogP contribution >= 0.6 is 0 Å². The summed E-state index contributed by atoms with van der Waals surface area (Å²) in [5.74, 6) is 1.15. The summed E-state index contributed by atoms with van der Waals surface area (Å²) in [4.78, 5) is 2.25. The molecule has 0 aliphatic carbocycles. The van der Waals surface area contributed by atoms with Crippen LogP contribution in [0.25, 0.3) is 11.4 Å². The molecule has 0 spiro atoms. The van der Waals surface area contributed by atoms with Crippen molar-refractivity contribution < 1.29 is 0 Å². The summed E-state index contributed by atoms with van der Waals surface area (Å²) < 4.78 is 0. The van der Waals surface area contributed by atoms with Crippen LogP contribution in [-0.4, -0.2) is 31.8 Å². The number of nitrogens with zero attached hydrogens (tertiary/aromatic N) is 5. The van der Waals surface area contributed by atoms with Gasteiger partial charge in [-0.2, -0.15) is 0 Å². The van der Waals surface area contributed by atoms with E-state index in [0.717, 1.165) is 37.8 Å². The highest BCUT2D eigenvalue weighted by Gasteiger charge is 2.24. The predicted octanol–water partition coefficient (Wildman–Crippen LogP) is 7.57. The summed E-state index contributed by atoms with van der Waals surface area (Å²) >= 11 is 0. The molecular formula is C30H43N5. The van der Waals surface area contributed by atoms with Crippen molar-refractivity contribution in [3.63, 3.8) is 0 Å². The molecule has 0 amide bonds. The fourth-order valence-electron chi connectivity index (χ4n) is 4.87. The van der Waals surface area contributed by atoms with Crippen LogP contribution in [0, 0.1) is 12.3 Å². The summed E-state index contributed by atoms with van der Waals surface area (Å²) in [5.41, 5.74) is 6.41. The van der Waals surface area contributed by atoms with Gasteiger partial charge in [-0.3, -0.25) is 0 Å². The molecule has 188 valence electrons. The van der Waals surface area contributed by atoms with Crippen molar-refractivity contribution in [1.29, 1.82) is 0 Å². The topological polar surface area (TPSA) is 54.8 Å². The molecular weight excluding hydrogens is 430 g/mol. The molecule has 1 aromatic carbocycles. The van der Waals surface area contributed by atoms with Gasteiger partial charge in [0, 0.05) is 23.5 Å². The van der Waals surface area contributed by atoms with Gasteiger partial charge in [0.05, 0.1) is 0 Å². The highest BCUT2D eigenvalue weighted by Crippen LogP contribution is 2.36. The molecule has 2 heterocycles. The van der Waals surface area contributed by atoms with Gasteiger partial charge in [0.15, 0.2) is 5.82 Å². The number of hydrogen-bond acceptors (Lipinski definition) is 5. The van der Waals surface area contributed by atoms with Gasteiger partial charge in [-0.05, 0) is 68.3 Å². The van der Waals surface area contributed by atoms with Crippen LogP contribution in [0.4, 0.5) is 0 Å². The first-order chi connectivity index (χ1) is 16.5. The fourth-order valence-corrected chi connectivity index (χ4v) is 4.87. The van der Waals surface area contributed by atoms with Crippen LogP contribution in [-0.2, 0) is 5.41 Å². The molecule has 1 saturated heterocycles. The number of hydrogen-bond donors (Lipinski definition) is 0. The lowest BCUT2D eigenvalue weighted by molar-refractivity contribution is 0.275. The van der Waals surface area contributed by atoms with Gasteiger partial charge in [0.1, 0.15) is 0 Å². The largest absolute Gasteiger partial charge is 0.346 e. The molecule has 0 radical (unpaired) electrons. The Morgan fingerprint density at radius 3 is 2.03 bits per heavy atom. The minimum atomic E-state index is 0.119. The smallest absolute Gasteiger partial charge is 0.203 e. The van der Waals surface area contributed by atoms with E-state index in [2.05, 4.69) is 97.0 Å². The van der Waals surface area contributed by atoms with E-state index in [4.69, 9.17) is 0 Å². The fraction of sp³-hybridized carbons (Fsp3) is 0.533. The monoisotopic (exact) mass is 473 g/mol. The molecule has 2 aromatic rings. The predicted molar refractivity (Wildman–Crippen MR) is 146 cm³/mol. The van der Waals surface area contributed by atoms with E-state index in [9.17, 15) is 0 Å². The second-order valence-corrected chi connectivity index (χ2v) is 11.6. The lowest BCUT2D eigenvalue weighted by Gasteiger charge is -2.30. The molecule has 1 aliphatic heterocycles. The molecule has 5 nitrogen and oxygen atoms in total. The number of likely N-dealkylation sites (tertiary alicyclic amines) is 1. The zero-order chi connectivity index (χ0) is 25.6. The molecule has 0 N–H and O–H groups in total. The molecule has 0 saturated carbocycles. The zero-order valence-corrected chi connectivity index (χ0v) is 22.5. The second-order valence-electron chi connectivity index (χ2n) is 11.6. The van der Waals surface area contributed by atoms with Gasteiger partial charge in [-0.25, -0.2) is 0 Å². The van der Waals surface area contributed by atoms with Crippen LogP contribution in [0.5, 0.6) is 0 Å². The van der Waals surface area contributed by atoms with Crippen molar-refractivity contribution in [2.45, 2.75) is 91.4 Å². The molecule has 0 atom stereocenters. The molecule has 0 bridgehead atoms. The number of rotatable bonds is 12. The lowest BCUT2D eigenvalue weighted by Crippen LogP contribution is -2.20. The molecule has 0 unspecified atom stereocenters. The maximum Gasteiger partial charge on any atom is 0.203 e. The quantitative estimate of drug-likeness (QED) is 0.298. The standard InChI is InChI=1S/C30H43N5/c1-22(21-35-23(2)12-13-24(35)3)11-9-18-29(5,6)19-10-20-30(7,8)27-16-14-26(15-17-27)28-33-31-25(4)32-34-28/h14-17H,1-3,9-13,18-21H2,4-8H3. The summed E-state index contributed by atoms with van der Waals surface area (Å²) in [5, 5.41) is 16.3. The van der Waals surface area contributed by atoms with Gasteiger partial charge in [0.25, 0.3) is 0 Å². The third-order valence-electron chi connectivity index (χ3n) is 7.39. The summed E-state index contributed by atoms with van der Waals surface area (Å²) in [6.07, 6.45) is 9.17. The van der Waals surface area contributed by atoms with Crippen molar-refractivity contribution >= 4 is 0 Å². The first-order valence-corrected chi connectivity index (χ1v) is 12.9. The Morgan fingerprint density at radius 1 is 0.857 bits per heavy atom. The van der Waals surface area contributed by atoms with Gasteiger partial charge in [-0.15, -0.1) is 20.4 Å². The van der Waals surface area contributed by atoms with Gasteiger partial charge >= 0.3 is 0 Å². The van der Waals surface area contributed by atoms with E-state index in [-0.39, 0.29) is 5.41 Å². The molecule has 35 heavy (non-hydrogen) atoms. The maximum atomic E-state index is 4.33. The summed E-state index contributed by atoms with van der Waals surface area (Å²) in [6.45, 7) is 24.8. The van der Waals surface area contributed by atoms with Crippen molar-refractivity contribution in [1.82, 2.24) is 25.3 Å². The van der Waals surface area contributed by atoms with E-state index >= 15 is 0 Å². The molecule has 5 heteroatoms. The van der Waals surface area contributed by atoms with Crippen LogP contribution in [0.1, 0.15) is 90.4 Å². The van der Waals surface area contributed by atoms with E-state index in [1.54, 1.807) is 6.92 Å². The van der Waals surface area contributed by atoms with Crippen LogP contribution in [0.2, 0.25) is 0 Å². The Balaban J connectivity index is 1.42. The normalized spacial score (nSPS) is 14.6. The van der Waals surface area contributed by atoms with Crippen molar-refractivity contribution in [3.05, 3.63) is 72.4 Å². The number of aryl methyl sites for hydroxylation is 1. The number of allylic oxidation sites excluding steroid dienone is 2. The highest BCUT2D eigenvalue weighted by atomic mass is 15.3. The molecule has 1 aromatic heterocycles. The average molecular weight is 474 g/mol. The summed E-state index contributed by atoms with van der Waals surface area (Å²) in [7, 11) is 0. The number of aromatic nitrogens is 4. The Hall–Kier alpha value is -2.82. The highest BCUT2D eigenvalue weighted by molar-refractivity contribution is 5.54. The number of benzene rings is 1. The second kappa shape index (κ2) is 11.3. The average Bonchev–Trinajstić information content (AvgIpc) is 3.11. The van der Waals surface area contributed by atoms with Crippen molar-refractivity contribution in [3.8, 4) is 11.4 Å². The van der Waals surface area contributed by atoms with Gasteiger partial charge in [-0.1, -0.05) is 83.7 Å². The van der Waals surface area contributed by atoms with E-state index in [1.165, 1.54) is 48.2 Å². The van der Waals surface area contributed by atoms with E-state index in [0.29, 0.717) is 17.1 Å². The zero-order valence-electron chi connectivity index (χ0n) is 22.5. The van der Waals surface area contributed by atoms with Crippen LogP contribution < -0.4 is 0 Å². The Bertz CT molecular complexity index is 1020. The maximum absolute atomic E-state index is 4.33. The summed E-state index contributed by atoms with van der Waals surface area (Å²) in [6, 6.07) is 8.54. The first-order valence-electron chi connectivity index (χ1n) is 12.9. The van der Waals surface area contributed by atoms with E-state index in [1.807, 2.05) is 0 Å². The minimum Gasteiger partial charge on any atom is -0.346 e. The lowest BCUT2D eigenvalue weighted by atomic mass is 9.76. The van der Waals surface area contributed by atoms with Crippen molar-refractivity contribution in [2.24, 2.45) is 5.41 Å². The van der Waals surface area contributed by atoms with Gasteiger partial charge < -0.3 is 4.90 Å². The SMILES string of the molecule is C=C(CCCC(C)(C)CCCC(C)(C)c1ccc(-c2nnc(C)nn2)cc1)CN1C(=C)CCC1=C. The Kier molecular flexibility index (Phi) is 8.63. The van der Waals surface area contributed by atoms with E-state index < -0.39 is 0 Å². The van der Waals surface area contributed by atoms with Gasteiger partial charge in [0.2, 0.25) is 5.82 Å².